The molecule has 30 heavy (non-hydrogen) atoms. The van der Waals surface area contributed by atoms with Crippen LogP contribution in [0.1, 0.15) is 23.7 Å². The fourth-order valence-corrected chi connectivity index (χ4v) is 4.23. The Morgan fingerprint density at radius 1 is 1.10 bits per heavy atom. The van der Waals surface area contributed by atoms with E-state index in [1.54, 1.807) is 6.07 Å². The van der Waals surface area contributed by atoms with Gasteiger partial charge in [-0.15, -0.1) is 0 Å². The van der Waals surface area contributed by atoms with E-state index >= 15 is 0 Å². The van der Waals surface area contributed by atoms with Crippen LogP contribution in [0.25, 0.3) is 11.0 Å². The zero-order chi connectivity index (χ0) is 21.3. The number of benzene rings is 1. The molecule has 8 heteroatoms. The number of anilines is 1. The molecule has 0 amide bonds. The van der Waals surface area contributed by atoms with Crippen molar-refractivity contribution in [3.63, 3.8) is 0 Å². The quantitative estimate of drug-likeness (QED) is 0.647. The van der Waals surface area contributed by atoms with Gasteiger partial charge in [0.2, 0.25) is 0 Å². The summed E-state index contributed by atoms with van der Waals surface area (Å²) in [7, 11) is 1.97. The van der Waals surface area contributed by atoms with Crippen molar-refractivity contribution in [1.82, 2.24) is 19.4 Å². The Bertz CT molecular complexity index is 1110. The van der Waals surface area contributed by atoms with Crippen LogP contribution in [0.4, 0.5) is 14.6 Å². The zero-order valence-electron chi connectivity index (χ0n) is 17.2. The summed E-state index contributed by atoms with van der Waals surface area (Å²) in [5.74, 6) is -0.746. The van der Waals surface area contributed by atoms with Gasteiger partial charge in [0.25, 0.3) is 0 Å². The highest BCUT2D eigenvalue weighted by atomic mass is 19.2. The maximum atomic E-state index is 13.4. The molecule has 1 aliphatic rings. The molecular formula is C22H24F2N6. The van der Waals surface area contributed by atoms with Crippen molar-refractivity contribution in [3.05, 3.63) is 53.0 Å². The molecule has 0 saturated carbocycles. The van der Waals surface area contributed by atoms with Crippen LogP contribution in [0.2, 0.25) is 0 Å². The molecule has 0 unspecified atom stereocenters. The molecule has 1 aromatic carbocycles. The van der Waals surface area contributed by atoms with E-state index in [0.717, 1.165) is 61.7 Å². The summed E-state index contributed by atoms with van der Waals surface area (Å²) in [6, 6.07) is 6.40. The van der Waals surface area contributed by atoms with Crippen molar-refractivity contribution in [1.29, 1.82) is 5.26 Å². The van der Waals surface area contributed by atoms with Crippen molar-refractivity contribution >= 4 is 16.9 Å². The molecule has 0 atom stereocenters. The van der Waals surface area contributed by atoms with Gasteiger partial charge in [-0.1, -0.05) is 13.0 Å². The number of fused-ring (bicyclic) bond motifs is 1. The number of halogens is 2. The van der Waals surface area contributed by atoms with Gasteiger partial charge in [-0.2, -0.15) is 5.26 Å². The van der Waals surface area contributed by atoms with E-state index in [-0.39, 0.29) is 0 Å². The van der Waals surface area contributed by atoms with Crippen LogP contribution in [0.5, 0.6) is 0 Å². The molecule has 0 aliphatic carbocycles. The first-order valence-electron chi connectivity index (χ1n) is 10.2. The normalized spacial score (nSPS) is 15.0. The van der Waals surface area contributed by atoms with Crippen molar-refractivity contribution in [2.75, 3.05) is 37.6 Å². The van der Waals surface area contributed by atoms with Gasteiger partial charge in [0, 0.05) is 45.5 Å². The molecule has 1 saturated heterocycles. The predicted molar refractivity (Wildman–Crippen MR) is 111 cm³/mol. The summed E-state index contributed by atoms with van der Waals surface area (Å²) in [4.78, 5) is 13.5. The Balaban J connectivity index is 1.46. The van der Waals surface area contributed by atoms with Crippen LogP contribution in [-0.2, 0) is 19.9 Å². The van der Waals surface area contributed by atoms with Crippen LogP contribution in [-0.4, -0.2) is 52.2 Å². The lowest BCUT2D eigenvalue weighted by atomic mass is 10.1. The monoisotopic (exact) mass is 410 g/mol. The van der Waals surface area contributed by atoms with E-state index in [1.165, 1.54) is 18.5 Å². The molecular weight excluding hydrogens is 386 g/mol. The first kappa shape index (κ1) is 20.2. The fourth-order valence-electron chi connectivity index (χ4n) is 4.23. The Labute approximate surface area is 174 Å². The van der Waals surface area contributed by atoms with E-state index in [0.29, 0.717) is 17.5 Å². The highest BCUT2D eigenvalue weighted by Gasteiger charge is 2.24. The van der Waals surface area contributed by atoms with E-state index in [2.05, 4.69) is 25.8 Å². The minimum atomic E-state index is -0.810. The topological polar surface area (TPSA) is 61.0 Å². The summed E-state index contributed by atoms with van der Waals surface area (Å²) in [6.07, 6.45) is 2.97. The average molecular weight is 410 g/mol. The minimum Gasteiger partial charge on any atom is -0.352 e. The van der Waals surface area contributed by atoms with Crippen LogP contribution < -0.4 is 4.90 Å². The average Bonchev–Trinajstić information content (AvgIpc) is 3.06. The second-order valence-electron chi connectivity index (χ2n) is 7.57. The van der Waals surface area contributed by atoms with E-state index < -0.39 is 11.6 Å². The maximum Gasteiger partial charge on any atom is 0.159 e. The van der Waals surface area contributed by atoms with Gasteiger partial charge in [0.05, 0.1) is 5.56 Å². The second kappa shape index (κ2) is 8.36. The van der Waals surface area contributed by atoms with Crippen molar-refractivity contribution in [2.45, 2.75) is 19.8 Å². The third kappa shape index (κ3) is 3.61. The summed E-state index contributed by atoms with van der Waals surface area (Å²) >= 11 is 0. The van der Waals surface area contributed by atoms with Gasteiger partial charge in [0.1, 0.15) is 23.4 Å². The van der Waals surface area contributed by atoms with E-state index in [9.17, 15) is 14.0 Å². The van der Waals surface area contributed by atoms with E-state index in [4.69, 9.17) is 0 Å². The molecule has 4 rings (SSSR count). The molecule has 6 nitrogen and oxygen atoms in total. The smallest absolute Gasteiger partial charge is 0.159 e. The first-order valence-corrected chi connectivity index (χ1v) is 10.2. The summed E-state index contributed by atoms with van der Waals surface area (Å²) in [5.41, 5.74) is 4.01. The molecule has 1 aliphatic heterocycles. The van der Waals surface area contributed by atoms with Gasteiger partial charge in [-0.25, -0.2) is 18.7 Å². The third-order valence-corrected chi connectivity index (χ3v) is 5.89. The van der Waals surface area contributed by atoms with Gasteiger partial charge >= 0.3 is 0 Å². The molecule has 3 heterocycles. The van der Waals surface area contributed by atoms with Crippen molar-refractivity contribution in [3.8, 4) is 6.07 Å². The zero-order valence-corrected chi connectivity index (χ0v) is 17.2. The number of aryl methyl sites for hydroxylation is 1. The third-order valence-electron chi connectivity index (χ3n) is 5.89. The number of rotatable bonds is 5. The highest BCUT2D eigenvalue weighted by Crippen LogP contribution is 2.30. The Kier molecular flexibility index (Phi) is 5.64. The van der Waals surface area contributed by atoms with Crippen LogP contribution in [0, 0.1) is 23.0 Å². The molecule has 3 aromatic rings. The number of aromatic nitrogens is 3. The molecule has 0 bridgehead atoms. The minimum absolute atomic E-state index is 0.629. The van der Waals surface area contributed by atoms with Crippen LogP contribution in [0.15, 0.2) is 24.5 Å². The van der Waals surface area contributed by atoms with Gasteiger partial charge in [-0.05, 0) is 30.5 Å². The lowest BCUT2D eigenvalue weighted by Gasteiger charge is -2.35. The molecule has 2 aromatic heterocycles. The number of piperazine rings is 1. The van der Waals surface area contributed by atoms with Crippen LogP contribution in [0.3, 0.4) is 0 Å². The van der Waals surface area contributed by atoms with Gasteiger partial charge in [-0.3, -0.25) is 4.90 Å². The number of nitrogens with zero attached hydrogens (tertiary/aromatic N) is 6. The van der Waals surface area contributed by atoms with E-state index in [1.807, 2.05) is 18.5 Å². The number of nitriles is 1. The second-order valence-corrected chi connectivity index (χ2v) is 7.57. The Morgan fingerprint density at radius 2 is 1.87 bits per heavy atom. The summed E-state index contributed by atoms with van der Waals surface area (Å²) in [5, 5.41) is 9.59. The number of hydrogen-bond donors (Lipinski definition) is 0. The number of hydrogen-bond acceptors (Lipinski definition) is 5. The lowest BCUT2D eigenvalue weighted by Crippen LogP contribution is -2.47. The Morgan fingerprint density at radius 3 is 2.53 bits per heavy atom. The SMILES string of the molecule is CCc1c(C#N)c2ncnc(N3CCN(CCc4ccc(F)c(F)c4)CC3)c2n1C. The molecule has 0 spiro atoms. The van der Waals surface area contributed by atoms with Crippen molar-refractivity contribution in [2.24, 2.45) is 7.05 Å². The fraction of sp³-hybridized carbons (Fsp3) is 0.409. The maximum absolute atomic E-state index is 13.4. The van der Waals surface area contributed by atoms with Gasteiger partial charge in [0.15, 0.2) is 17.5 Å². The highest BCUT2D eigenvalue weighted by molar-refractivity contribution is 5.92. The van der Waals surface area contributed by atoms with Crippen molar-refractivity contribution < 1.29 is 8.78 Å². The molecule has 1 fully saturated rings. The Hall–Kier alpha value is -3.05. The summed E-state index contributed by atoms with van der Waals surface area (Å²) < 4.78 is 28.5. The van der Waals surface area contributed by atoms with Crippen LogP contribution >= 0.6 is 0 Å². The largest absolute Gasteiger partial charge is 0.352 e. The first-order chi connectivity index (χ1) is 14.5. The standard InChI is InChI=1S/C22H24F2N6/c1-3-19-16(13-25)20-21(28(19)2)22(27-14-26-20)30-10-8-29(9-11-30)7-6-15-4-5-17(23)18(24)12-15/h4-5,12,14H,3,6-11H2,1-2H3. The lowest BCUT2D eigenvalue weighted by molar-refractivity contribution is 0.260. The summed E-state index contributed by atoms with van der Waals surface area (Å²) in [6.45, 7) is 6.14. The molecule has 0 N–H and O–H groups in total. The predicted octanol–water partition coefficient (Wildman–Crippen LogP) is 3.05. The molecule has 0 radical (unpaired) electrons. The molecule has 156 valence electrons. The van der Waals surface area contributed by atoms with Gasteiger partial charge < -0.3 is 9.47 Å².